The van der Waals surface area contributed by atoms with Crippen LogP contribution >= 0.6 is 0 Å². The normalized spacial score (nSPS) is 19.6. The third-order valence-electron chi connectivity index (χ3n) is 4.62. The molecule has 2 atom stereocenters. The summed E-state index contributed by atoms with van der Waals surface area (Å²) >= 11 is 0. The van der Waals surface area contributed by atoms with E-state index in [4.69, 9.17) is 4.52 Å². The van der Waals surface area contributed by atoms with Gasteiger partial charge in [0.15, 0.2) is 0 Å². The van der Waals surface area contributed by atoms with Gasteiger partial charge >= 0.3 is 0 Å². The Hall–Kier alpha value is -2.50. The molecule has 2 heterocycles. The third-order valence-corrected chi connectivity index (χ3v) is 4.62. The molecule has 0 bridgehead atoms. The summed E-state index contributed by atoms with van der Waals surface area (Å²) in [5.74, 6) is 1.16. The zero-order valence-corrected chi connectivity index (χ0v) is 14.0. The van der Waals surface area contributed by atoms with E-state index in [1.54, 1.807) is 0 Å². The van der Waals surface area contributed by atoms with E-state index in [0.29, 0.717) is 18.3 Å². The van der Waals surface area contributed by atoms with Gasteiger partial charge in [-0.25, -0.2) is 0 Å². The van der Waals surface area contributed by atoms with Gasteiger partial charge in [-0.3, -0.25) is 4.90 Å². The number of aliphatic hydroxyl groups is 1. The van der Waals surface area contributed by atoms with Crippen molar-refractivity contribution < 1.29 is 9.63 Å². The number of hydrogen-bond donors (Lipinski definition) is 1. The van der Waals surface area contributed by atoms with Crippen molar-refractivity contribution in [3.63, 3.8) is 0 Å². The molecule has 1 aliphatic rings. The van der Waals surface area contributed by atoms with E-state index in [-0.39, 0.29) is 12.1 Å². The highest BCUT2D eigenvalue weighted by molar-refractivity contribution is 5.53. The zero-order chi connectivity index (χ0) is 17.1. The van der Waals surface area contributed by atoms with Gasteiger partial charge in [-0.2, -0.15) is 4.98 Å². The van der Waals surface area contributed by atoms with Crippen molar-refractivity contribution in [1.82, 2.24) is 15.0 Å². The molecule has 1 aromatic heterocycles. The zero-order valence-electron chi connectivity index (χ0n) is 14.0. The molecular formula is C20H21N3O2. The van der Waals surface area contributed by atoms with Crippen LogP contribution in [-0.4, -0.2) is 39.3 Å². The lowest BCUT2D eigenvalue weighted by atomic mass is 10.0. The van der Waals surface area contributed by atoms with E-state index in [2.05, 4.69) is 27.2 Å². The predicted octanol–water partition coefficient (Wildman–Crippen LogP) is 3.28. The van der Waals surface area contributed by atoms with E-state index in [1.165, 1.54) is 0 Å². The Bertz CT molecular complexity index is 804. The number of piperidine rings is 1. The maximum Gasteiger partial charge on any atom is 0.248 e. The Labute approximate surface area is 146 Å². The lowest BCUT2D eigenvalue weighted by Gasteiger charge is -2.35. The minimum atomic E-state index is -0.309. The fourth-order valence-corrected chi connectivity index (χ4v) is 3.41. The van der Waals surface area contributed by atoms with E-state index < -0.39 is 0 Å². The number of hydrogen-bond acceptors (Lipinski definition) is 5. The molecule has 1 fully saturated rings. The van der Waals surface area contributed by atoms with Crippen molar-refractivity contribution in [3.8, 4) is 11.4 Å². The minimum absolute atomic E-state index is 0.138. The highest BCUT2D eigenvalue weighted by atomic mass is 16.5. The SMILES string of the molecule is OC1CCCN(C(c2ccccc2)c2nc(-c3ccccc3)no2)C1. The van der Waals surface area contributed by atoms with Gasteiger partial charge in [0, 0.05) is 12.1 Å². The molecule has 2 unspecified atom stereocenters. The summed E-state index contributed by atoms with van der Waals surface area (Å²) in [6.07, 6.45) is 1.50. The largest absolute Gasteiger partial charge is 0.392 e. The second-order valence-corrected chi connectivity index (χ2v) is 6.43. The van der Waals surface area contributed by atoms with Crippen LogP contribution in [0.1, 0.15) is 30.3 Å². The predicted molar refractivity (Wildman–Crippen MR) is 94.8 cm³/mol. The number of β-amino-alcohol motifs (C(OH)–C–C–N with tert-alkyl or cyclic N) is 1. The summed E-state index contributed by atoms with van der Waals surface area (Å²) in [6.45, 7) is 1.52. The third kappa shape index (κ3) is 3.48. The monoisotopic (exact) mass is 335 g/mol. The molecule has 0 radical (unpaired) electrons. The highest BCUT2D eigenvalue weighted by Gasteiger charge is 2.31. The molecular weight excluding hydrogens is 314 g/mol. The van der Waals surface area contributed by atoms with Crippen LogP contribution in [0.15, 0.2) is 65.2 Å². The summed E-state index contributed by atoms with van der Waals surface area (Å²) in [4.78, 5) is 6.88. The maximum atomic E-state index is 10.1. The molecule has 1 N–H and O–H groups in total. The molecule has 4 rings (SSSR count). The molecule has 0 aliphatic carbocycles. The molecule has 25 heavy (non-hydrogen) atoms. The van der Waals surface area contributed by atoms with Crippen LogP contribution in [0.4, 0.5) is 0 Å². The van der Waals surface area contributed by atoms with Crippen LogP contribution < -0.4 is 0 Å². The van der Waals surface area contributed by atoms with Crippen LogP contribution in [0, 0.1) is 0 Å². The Morgan fingerprint density at radius 1 is 1.04 bits per heavy atom. The van der Waals surface area contributed by atoms with Crippen molar-refractivity contribution in [1.29, 1.82) is 0 Å². The van der Waals surface area contributed by atoms with E-state index in [0.717, 1.165) is 30.5 Å². The second-order valence-electron chi connectivity index (χ2n) is 6.43. The van der Waals surface area contributed by atoms with Crippen LogP contribution in [0.5, 0.6) is 0 Å². The summed E-state index contributed by atoms with van der Waals surface area (Å²) in [7, 11) is 0. The molecule has 2 aromatic carbocycles. The second kappa shape index (κ2) is 7.17. The molecule has 3 aromatic rings. The van der Waals surface area contributed by atoms with E-state index in [1.807, 2.05) is 48.5 Å². The molecule has 5 nitrogen and oxygen atoms in total. The molecule has 0 spiro atoms. The fraction of sp³-hybridized carbons (Fsp3) is 0.300. The molecule has 1 saturated heterocycles. The quantitative estimate of drug-likeness (QED) is 0.793. The smallest absolute Gasteiger partial charge is 0.248 e. The Balaban J connectivity index is 1.70. The van der Waals surface area contributed by atoms with Gasteiger partial charge in [-0.1, -0.05) is 65.8 Å². The van der Waals surface area contributed by atoms with Gasteiger partial charge in [0.05, 0.1) is 6.10 Å². The first kappa shape index (κ1) is 16.0. The number of aliphatic hydroxyl groups excluding tert-OH is 1. The summed E-state index contributed by atoms with van der Waals surface area (Å²) < 4.78 is 5.64. The molecule has 1 aliphatic heterocycles. The van der Waals surface area contributed by atoms with Crippen LogP contribution in [0.25, 0.3) is 11.4 Å². The van der Waals surface area contributed by atoms with Gasteiger partial charge in [-0.15, -0.1) is 0 Å². The lowest BCUT2D eigenvalue weighted by Crippen LogP contribution is -2.41. The Kier molecular flexibility index (Phi) is 4.59. The summed E-state index contributed by atoms with van der Waals surface area (Å²) in [5.41, 5.74) is 2.03. The topological polar surface area (TPSA) is 62.4 Å². The van der Waals surface area contributed by atoms with Crippen LogP contribution in [-0.2, 0) is 0 Å². The van der Waals surface area contributed by atoms with Crippen molar-refractivity contribution >= 4 is 0 Å². The van der Waals surface area contributed by atoms with Gasteiger partial charge < -0.3 is 9.63 Å². The van der Waals surface area contributed by atoms with Crippen molar-refractivity contribution in [2.45, 2.75) is 25.0 Å². The van der Waals surface area contributed by atoms with Gasteiger partial charge in [-0.05, 0) is 24.9 Å². The Morgan fingerprint density at radius 2 is 1.76 bits per heavy atom. The standard InChI is InChI=1S/C20H21N3O2/c24-17-12-7-13-23(14-17)18(15-8-3-1-4-9-15)20-21-19(22-25-20)16-10-5-2-6-11-16/h1-6,8-11,17-18,24H,7,12-14H2. The molecule has 0 amide bonds. The fourth-order valence-electron chi connectivity index (χ4n) is 3.41. The number of rotatable bonds is 4. The van der Waals surface area contributed by atoms with Crippen molar-refractivity contribution in [2.75, 3.05) is 13.1 Å². The van der Waals surface area contributed by atoms with E-state index >= 15 is 0 Å². The van der Waals surface area contributed by atoms with Crippen LogP contribution in [0.3, 0.4) is 0 Å². The number of aromatic nitrogens is 2. The maximum absolute atomic E-state index is 10.1. The van der Waals surface area contributed by atoms with Crippen molar-refractivity contribution in [3.05, 3.63) is 72.1 Å². The van der Waals surface area contributed by atoms with Crippen LogP contribution in [0.2, 0.25) is 0 Å². The van der Waals surface area contributed by atoms with Gasteiger partial charge in [0.1, 0.15) is 6.04 Å². The molecule has 0 saturated carbocycles. The number of nitrogens with zero attached hydrogens (tertiary/aromatic N) is 3. The van der Waals surface area contributed by atoms with Crippen molar-refractivity contribution in [2.24, 2.45) is 0 Å². The number of benzene rings is 2. The molecule has 5 heteroatoms. The average Bonchev–Trinajstić information content (AvgIpc) is 3.13. The highest BCUT2D eigenvalue weighted by Crippen LogP contribution is 2.31. The summed E-state index contributed by atoms with van der Waals surface area (Å²) in [5, 5.41) is 14.3. The first-order valence-electron chi connectivity index (χ1n) is 8.67. The van der Waals surface area contributed by atoms with Gasteiger partial charge in [0.25, 0.3) is 0 Å². The molecule has 128 valence electrons. The average molecular weight is 335 g/mol. The first-order valence-corrected chi connectivity index (χ1v) is 8.67. The minimum Gasteiger partial charge on any atom is -0.392 e. The first-order chi connectivity index (χ1) is 12.3. The summed E-state index contributed by atoms with van der Waals surface area (Å²) in [6, 6.07) is 19.8. The Morgan fingerprint density at radius 3 is 2.48 bits per heavy atom. The lowest BCUT2D eigenvalue weighted by molar-refractivity contribution is 0.0477. The van der Waals surface area contributed by atoms with E-state index in [9.17, 15) is 5.11 Å². The van der Waals surface area contributed by atoms with Gasteiger partial charge in [0.2, 0.25) is 11.7 Å². The number of likely N-dealkylation sites (tertiary alicyclic amines) is 1.